The van der Waals surface area contributed by atoms with E-state index < -0.39 is 0 Å². The molecule has 0 radical (unpaired) electrons. The lowest BCUT2D eigenvalue weighted by atomic mass is 10.1. The lowest BCUT2D eigenvalue weighted by Crippen LogP contribution is -2.46. The Balaban J connectivity index is 0.00000182. The molecule has 1 aromatic rings. The van der Waals surface area contributed by atoms with Gasteiger partial charge in [0.05, 0.1) is 5.69 Å². The van der Waals surface area contributed by atoms with E-state index in [1.165, 1.54) is 6.07 Å². The van der Waals surface area contributed by atoms with Crippen molar-refractivity contribution in [2.75, 3.05) is 64.3 Å². The highest BCUT2D eigenvalue weighted by molar-refractivity contribution is 5.94. The Morgan fingerprint density at radius 2 is 1.89 bits per heavy atom. The van der Waals surface area contributed by atoms with Crippen LogP contribution in [-0.2, 0) is 0 Å². The van der Waals surface area contributed by atoms with E-state index in [-0.39, 0.29) is 36.5 Å². The highest BCUT2D eigenvalue weighted by atomic mass is 35.5. The Bertz CT molecular complexity index is 611. The minimum absolute atomic E-state index is 0. The van der Waals surface area contributed by atoms with Gasteiger partial charge < -0.3 is 20.0 Å². The number of likely N-dealkylation sites (N-methyl/N-ethyl adjacent to an activating group) is 1. The molecule has 1 atom stereocenters. The average Bonchev–Trinajstić information content (AvgIpc) is 3.10. The largest absolute Gasteiger partial charge is 0.367 e. The number of carbonyl (C=O) groups excluding carboxylic acids is 1. The summed E-state index contributed by atoms with van der Waals surface area (Å²) in [7, 11) is 1.93. The van der Waals surface area contributed by atoms with Gasteiger partial charge in [-0.15, -0.1) is 24.8 Å². The lowest BCUT2D eigenvalue weighted by Gasteiger charge is -2.35. The Hall–Kier alpha value is -1.08. The first kappa shape index (κ1) is 24.0. The summed E-state index contributed by atoms with van der Waals surface area (Å²) in [4.78, 5) is 18.9. The minimum Gasteiger partial charge on any atom is -0.367 e. The maximum Gasteiger partial charge on any atom is 0.253 e. The van der Waals surface area contributed by atoms with E-state index in [9.17, 15) is 9.18 Å². The predicted molar refractivity (Wildman–Crippen MR) is 113 cm³/mol. The van der Waals surface area contributed by atoms with Crippen molar-refractivity contribution < 1.29 is 9.18 Å². The summed E-state index contributed by atoms with van der Waals surface area (Å²) >= 11 is 0. The number of halogens is 3. The van der Waals surface area contributed by atoms with Gasteiger partial charge in [-0.3, -0.25) is 4.79 Å². The molecule has 1 aromatic carbocycles. The second-order valence-corrected chi connectivity index (χ2v) is 7.05. The summed E-state index contributed by atoms with van der Waals surface area (Å²) in [5.41, 5.74) is 1.07. The maximum atomic E-state index is 14.6. The second kappa shape index (κ2) is 11.1. The van der Waals surface area contributed by atoms with Crippen LogP contribution in [0.5, 0.6) is 0 Å². The van der Waals surface area contributed by atoms with Gasteiger partial charge in [0.25, 0.3) is 5.91 Å². The number of nitrogens with zero attached hydrogens (tertiary/aromatic N) is 3. The van der Waals surface area contributed by atoms with E-state index in [0.29, 0.717) is 17.2 Å². The Kier molecular flexibility index (Phi) is 9.81. The van der Waals surface area contributed by atoms with E-state index in [0.717, 1.165) is 58.8 Å². The molecule has 1 unspecified atom stereocenters. The molecular formula is C19H31Cl2FN4O. The normalized spacial score (nSPS) is 20.2. The molecule has 154 valence electrons. The third-order valence-electron chi connectivity index (χ3n) is 5.42. The smallest absolute Gasteiger partial charge is 0.253 e. The van der Waals surface area contributed by atoms with Crippen LogP contribution in [0.4, 0.5) is 10.1 Å². The van der Waals surface area contributed by atoms with Gasteiger partial charge in [-0.2, -0.15) is 0 Å². The van der Waals surface area contributed by atoms with Gasteiger partial charge in [-0.1, -0.05) is 6.92 Å². The van der Waals surface area contributed by atoms with Crippen molar-refractivity contribution in [3.63, 3.8) is 0 Å². The number of nitrogens with one attached hydrogen (secondary N) is 1. The number of anilines is 1. The van der Waals surface area contributed by atoms with Gasteiger partial charge in [0.1, 0.15) is 5.82 Å². The van der Waals surface area contributed by atoms with Gasteiger partial charge in [-0.05, 0) is 50.7 Å². The molecule has 1 N–H and O–H groups in total. The van der Waals surface area contributed by atoms with E-state index in [2.05, 4.69) is 22.0 Å². The quantitative estimate of drug-likeness (QED) is 0.793. The van der Waals surface area contributed by atoms with E-state index >= 15 is 0 Å². The molecule has 0 saturated carbocycles. The number of hydrogen-bond donors (Lipinski definition) is 1. The number of rotatable bonds is 5. The number of benzene rings is 1. The predicted octanol–water partition coefficient (Wildman–Crippen LogP) is 2.49. The lowest BCUT2D eigenvalue weighted by molar-refractivity contribution is 0.0786. The fourth-order valence-corrected chi connectivity index (χ4v) is 3.86. The van der Waals surface area contributed by atoms with Crippen LogP contribution in [0.15, 0.2) is 18.2 Å². The zero-order chi connectivity index (χ0) is 17.8. The summed E-state index contributed by atoms with van der Waals surface area (Å²) < 4.78 is 14.6. The first-order valence-electron chi connectivity index (χ1n) is 9.33. The van der Waals surface area contributed by atoms with Crippen molar-refractivity contribution in [2.45, 2.75) is 13.3 Å². The minimum atomic E-state index is -0.290. The van der Waals surface area contributed by atoms with E-state index in [1.807, 2.05) is 11.9 Å². The summed E-state index contributed by atoms with van der Waals surface area (Å²) in [5.74, 6) is 0.148. The molecule has 2 saturated heterocycles. The van der Waals surface area contributed by atoms with Crippen LogP contribution in [0, 0.1) is 11.7 Å². The SMILES string of the molecule is CCN1CCN(c2ccc(C(=O)N3CCC(CNC)C3)cc2F)CC1.Cl.Cl. The molecule has 2 fully saturated rings. The van der Waals surface area contributed by atoms with Crippen molar-refractivity contribution in [2.24, 2.45) is 5.92 Å². The third-order valence-corrected chi connectivity index (χ3v) is 5.42. The highest BCUT2D eigenvalue weighted by Gasteiger charge is 2.27. The van der Waals surface area contributed by atoms with Crippen LogP contribution in [0.2, 0.25) is 0 Å². The van der Waals surface area contributed by atoms with Crippen molar-refractivity contribution in [1.82, 2.24) is 15.1 Å². The highest BCUT2D eigenvalue weighted by Crippen LogP contribution is 2.24. The van der Waals surface area contributed by atoms with Crippen LogP contribution >= 0.6 is 24.8 Å². The summed E-state index contributed by atoms with van der Waals surface area (Å²) in [6.07, 6.45) is 1.01. The molecule has 0 aliphatic carbocycles. The molecule has 27 heavy (non-hydrogen) atoms. The van der Waals surface area contributed by atoms with Crippen molar-refractivity contribution in [3.8, 4) is 0 Å². The third kappa shape index (κ3) is 5.70. The van der Waals surface area contributed by atoms with Gasteiger partial charge in [0, 0.05) is 44.8 Å². The molecule has 5 nitrogen and oxygen atoms in total. The summed E-state index contributed by atoms with van der Waals surface area (Å²) in [6, 6.07) is 4.96. The zero-order valence-corrected chi connectivity index (χ0v) is 17.8. The van der Waals surface area contributed by atoms with E-state index in [4.69, 9.17) is 0 Å². The summed E-state index contributed by atoms with van der Waals surface area (Å²) in [5, 5.41) is 3.16. The second-order valence-electron chi connectivity index (χ2n) is 7.05. The molecule has 2 aliphatic rings. The number of amides is 1. The number of likely N-dealkylation sites (tertiary alicyclic amines) is 1. The summed E-state index contributed by atoms with van der Waals surface area (Å²) in [6.45, 7) is 9.18. The molecule has 0 spiro atoms. The first-order chi connectivity index (χ1) is 12.1. The standard InChI is InChI=1S/C19H29FN4O.2ClH/c1-3-22-8-10-23(11-9-22)18-5-4-16(12-17(18)20)19(25)24-7-6-15(14-24)13-21-2;;/h4-5,12,15,21H,3,6-11,13-14H2,1-2H3;2*1H. The fourth-order valence-electron chi connectivity index (χ4n) is 3.86. The molecule has 2 aliphatic heterocycles. The number of carbonyl (C=O) groups is 1. The Morgan fingerprint density at radius 1 is 1.19 bits per heavy atom. The van der Waals surface area contributed by atoms with Crippen molar-refractivity contribution in [1.29, 1.82) is 0 Å². The van der Waals surface area contributed by atoms with Crippen LogP contribution < -0.4 is 10.2 Å². The van der Waals surface area contributed by atoms with Crippen LogP contribution in [0.3, 0.4) is 0 Å². The van der Waals surface area contributed by atoms with Crippen molar-refractivity contribution in [3.05, 3.63) is 29.6 Å². The topological polar surface area (TPSA) is 38.8 Å². The molecule has 8 heteroatoms. The number of hydrogen-bond acceptors (Lipinski definition) is 4. The Morgan fingerprint density at radius 3 is 2.48 bits per heavy atom. The zero-order valence-electron chi connectivity index (χ0n) is 16.1. The molecule has 0 aromatic heterocycles. The van der Waals surface area contributed by atoms with Crippen molar-refractivity contribution >= 4 is 36.4 Å². The average molecular weight is 421 g/mol. The maximum absolute atomic E-state index is 14.6. The first-order valence-corrected chi connectivity index (χ1v) is 9.33. The van der Waals surface area contributed by atoms with Gasteiger partial charge in [0.15, 0.2) is 0 Å². The fraction of sp³-hybridized carbons (Fsp3) is 0.632. The monoisotopic (exact) mass is 420 g/mol. The van der Waals surface area contributed by atoms with Gasteiger partial charge in [-0.25, -0.2) is 4.39 Å². The Labute approximate surface area is 174 Å². The van der Waals surface area contributed by atoms with Crippen LogP contribution in [0.25, 0.3) is 0 Å². The van der Waals surface area contributed by atoms with Crippen LogP contribution in [-0.4, -0.2) is 75.1 Å². The van der Waals surface area contributed by atoms with E-state index in [1.54, 1.807) is 12.1 Å². The number of piperazine rings is 1. The molecule has 3 rings (SSSR count). The molecule has 2 heterocycles. The molecule has 0 bridgehead atoms. The van der Waals surface area contributed by atoms with Gasteiger partial charge >= 0.3 is 0 Å². The molecule has 1 amide bonds. The van der Waals surface area contributed by atoms with Gasteiger partial charge in [0.2, 0.25) is 0 Å². The molecular weight excluding hydrogens is 390 g/mol. The van der Waals surface area contributed by atoms with Crippen LogP contribution in [0.1, 0.15) is 23.7 Å².